The van der Waals surface area contributed by atoms with Gasteiger partial charge in [-0.05, 0) is 43.1 Å². The number of amides is 4. The van der Waals surface area contributed by atoms with Crippen molar-refractivity contribution in [1.29, 1.82) is 10.8 Å². The van der Waals surface area contributed by atoms with Gasteiger partial charge in [-0.3, -0.25) is 20.4 Å². The van der Waals surface area contributed by atoms with E-state index in [9.17, 15) is 19.2 Å². The number of benzene rings is 1. The van der Waals surface area contributed by atoms with Crippen LogP contribution in [-0.4, -0.2) is 175 Å². The second-order valence-corrected chi connectivity index (χ2v) is 15.7. The van der Waals surface area contributed by atoms with Crippen molar-refractivity contribution >= 4 is 35.9 Å². The fourth-order valence-corrected chi connectivity index (χ4v) is 8.32. The van der Waals surface area contributed by atoms with Crippen LogP contribution in [0.4, 0.5) is 9.59 Å². The van der Waals surface area contributed by atoms with Crippen LogP contribution in [0, 0.1) is 22.7 Å². The summed E-state index contributed by atoms with van der Waals surface area (Å²) >= 11 is 0. The molecule has 5 aliphatic rings. The maximum atomic E-state index is 13.5. The standard InChI is InChI=1S/C39H60N10O8/c40-36(41)46-11-6-28(7-12-46)24-33(50)44-15-19-48(20-16-44)38(52)56-27-32-35(55-26-30-4-2-1-3-5-30)31(10-23-54-32)57-39(53)49-21-17-45(18-22-49)34(51)25-29-8-13-47(14-9-29)37(42)43/h1-5,28-29,31-32,35H,6-27H2,(H3,40,41)(H3,42,43)/t31-,32-,35+/m1/s1. The molecule has 1 aromatic rings. The van der Waals surface area contributed by atoms with Gasteiger partial charge in [-0.2, -0.15) is 0 Å². The predicted octanol–water partition coefficient (Wildman–Crippen LogP) is 1.28. The zero-order valence-corrected chi connectivity index (χ0v) is 32.9. The third-order valence-corrected chi connectivity index (χ3v) is 12.0. The number of guanidine groups is 2. The van der Waals surface area contributed by atoms with Crippen molar-refractivity contribution in [3.05, 3.63) is 35.9 Å². The number of hydrogen-bond donors (Lipinski definition) is 4. The van der Waals surface area contributed by atoms with Crippen LogP contribution >= 0.6 is 0 Å². The highest BCUT2D eigenvalue weighted by molar-refractivity contribution is 5.78. The van der Waals surface area contributed by atoms with Crippen molar-refractivity contribution < 1.29 is 38.1 Å². The Bertz CT molecular complexity index is 1540. The van der Waals surface area contributed by atoms with E-state index in [1.54, 1.807) is 14.7 Å². The molecule has 0 bridgehead atoms. The average molecular weight is 797 g/mol. The van der Waals surface area contributed by atoms with E-state index in [4.69, 9.17) is 41.2 Å². The Morgan fingerprint density at radius 2 is 1.11 bits per heavy atom. The predicted molar refractivity (Wildman–Crippen MR) is 209 cm³/mol. The van der Waals surface area contributed by atoms with Gasteiger partial charge in [0.1, 0.15) is 24.9 Å². The van der Waals surface area contributed by atoms with Crippen LogP contribution in [0.5, 0.6) is 0 Å². The monoisotopic (exact) mass is 796 g/mol. The molecule has 5 saturated heterocycles. The lowest BCUT2D eigenvalue weighted by atomic mass is 9.93. The molecule has 5 heterocycles. The maximum Gasteiger partial charge on any atom is 0.410 e. The highest BCUT2D eigenvalue weighted by Crippen LogP contribution is 2.26. The number of carbonyl (C=O) groups is 4. The third kappa shape index (κ3) is 11.6. The molecule has 0 saturated carbocycles. The number of piperazine rings is 2. The Kier molecular flexibility index (Phi) is 14.7. The van der Waals surface area contributed by atoms with Gasteiger partial charge >= 0.3 is 12.2 Å². The van der Waals surface area contributed by atoms with E-state index in [-0.39, 0.29) is 55.4 Å². The van der Waals surface area contributed by atoms with Crippen LogP contribution in [0.2, 0.25) is 0 Å². The molecule has 1 aromatic carbocycles. The molecule has 0 aromatic heterocycles. The minimum atomic E-state index is -0.704. The fraction of sp³-hybridized carbons (Fsp3) is 0.692. The summed E-state index contributed by atoms with van der Waals surface area (Å²) in [6.07, 6.45) is 1.57. The van der Waals surface area contributed by atoms with Gasteiger partial charge in [0, 0.05) is 97.8 Å². The summed E-state index contributed by atoms with van der Waals surface area (Å²) in [6.45, 7) is 6.27. The maximum absolute atomic E-state index is 13.5. The van der Waals surface area contributed by atoms with Crippen LogP contribution in [0.25, 0.3) is 0 Å². The van der Waals surface area contributed by atoms with Crippen LogP contribution < -0.4 is 11.5 Å². The molecule has 57 heavy (non-hydrogen) atoms. The van der Waals surface area contributed by atoms with Crippen molar-refractivity contribution in [2.24, 2.45) is 23.3 Å². The lowest BCUT2D eigenvalue weighted by Gasteiger charge is -2.40. The molecule has 18 heteroatoms. The smallest absolute Gasteiger partial charge is 0.410 e. The number of nitrogens with zero attached hydrogens (tertiary/aromatic N) is 6. The normalized spacial score (nSPS) is 23.9. The second-order valence-electron chi connectivity index (χ2n) is 15.7. The molecule has 0 spiro atoms. The first-order valence-corrected chi connectivity index (χ1v) is 20.4. The van der Waals surface area contributed by atoms with Gasteiger partial charge in [-0.15, -0.1) is 0 Å². The van der Waals surface area contributed by atoms with E-state index in [1.807, 2.05) is 45.0 Å². The summed E-state index contributed by atoms with van der Waals surface area (Å²) in [5.41, 5.74) is 12.1. The first kappa shape index (κ1) is 41.8. The zero-order chi connectivity index (χ0) is 40.3. The van der Waals surface area contributed by atoms with E-state index in [1.165, 1.54) is 0 Å². The molecule has 0 radical (unpaired) electrons. The zero-order valence-electron chi connectivity index (χ0n) is 32.9. The number of rotatable bonds is 10. The van der Waals surface area contributed by atoms with Crippen LogP contribution in [0.1, 0.15) is 50.5 Å². The molecular formula is C39H60N10O8. The van der Waals surface area contributed by atoms with Crippen LogP contribution in [0.15, 0.2) is 30.3 Å². The number of carbonyl (C=O) groups excluding carboxylic acids is 4. The quantitative estimate of drug-likeness (QED) is 0.194. The van der Waals surface area contributed by atoms with Gasteiger partial charge < -0.3 is 59.8 Å². The minimum absolute atomic E-state index is 0.0731. The van der Waals surface area contributed by atoms with Crippen molar-refractivity contribution in [1.82, 2.24) is 29.4 Å². The van der Waals surface area contributed by atoms with E-state index < -0.39 is 30.5 Å². The first-order chi connectivity index (χ1) is 27.5. The summed E-state index contributed by atoms with van der Waals surface area (Å²) < 4.78 is 24.3. The topological polar surface area (TPSA) is 224 Å². The Hall–Kier alpha value is -4.84. The molecule has 6 N–H and O–H groups in total. The molecule has 3 atom stereocenters. The molecule has 314 valence electrons. The summed E-state index contributed by atoms with van der Waals surface area (Å²) in [5.74, 6) is 0.814. The first-order valence-electron chi connectivity index (χ1n) is 20.4. The molecule has 6 rings (SSSR count). The van der Waals surface area contributed by atoms with Gasteiger partial charge in [0.25, 0.3) is 0 Å². The Morgan fingerprint density at radius 1 is 0.632 bits per heavy atom. The van der Waals surface area contributed by atoms with Crippen LogP contribution in [0.3, 0.4) is 0 Å². The Labute approximate surface area is 334 Å². The van der Waals surface area contributed by atoms with Crippen molar-refractivity contribution in [2.45, 2.75) is 69.9 Å². The number of ether oxygens (including phenoxy) is 4. The van der Waals surface area contributed by atoms with Gasteiger partial charge in [0.05, 0.1) is 13.2 Å². The molecule has 18 nitrogen and oxygen atoms in total. The highest BCUT2D eigenvalue weighted by Gasteiger charge is 2.40. The van der Waals surface area contributed by atoms with Crippen molar-refractivity contribution in [3.63, 3.8) is 0 Å². The number of nitrogens with two attached hydrogens (primary N) is 2. The van der Waals surface area contributed by atoms with E-state index >= 15 is 0 Å². The third-order valence-electron chi connectivity index (χ3n) is 12.0. The SMILES string of the molecule is N=C(N)N1CCC(CC(=O)N2CCN(C(=O)OC[C@H]3OCC[C@@H](OC(=O)N4CCN(C(=O)CC5CCN(C(=N)N)CC5)CC4)[C@@H]3OCc3ccccc3)CC2)CC1. The number of hydrogen-bond acceptors (Lipinski definition) is 10. The Balaban J connectivity index is 0.959. The van der Waals surface area contributed by atoms with Gasteiger partial charge in [-0.1, -0.05) is 30.3 Å². The minimum Gasteiger partial charge on any atom is -0.447 e. The summed E-state index contributed by atoms with van der Waals surface area (Å²) in [4.78, 5) is 63.4. The van der Waals surface area contributed by atoms with Crippen molar-refractivity contribution in [2.75, 3.05) is 91.8 Å². The molecular weight excluding hydrogens is 736 g/mol. The summed E-state index contributed by atoms with van der Waals surface area (Å²) in [6, 6.07) is 9.64. The van der Waals surface area contributed by atoms with Gasteiger partial charge in [0.2, 0.25) is 11.8 Å². The Morgan fingerprint density at radius 3 is 1.60 bits per heavy atom. The van der Waals surface area contributed by atoms with Gasteiger partial charge in [-0.25, -0.2) is 9.59 Å². The highest BCUT2D eigenvalue weighted by atomic mass is 16.6. The lowest BCUT2D eigenvalue weighted by Crippen LogP contribution is -2.55. The second kappa shape index (κ2) is 20.0. The largest absolute Gasteiger partial charge is 0.447 e. The van der Waals surface area contributed by atoms with E-state index in [0.717, 1.165) is 31.2 Å². The van der Waals surface area contributed by atoms with Gasteiger partial charge in [0.15, 0.2) is 11.9 Å². The summed E-state index contributed by atoms with van der Waals surface area (Å²) in [5, 5.41) is 15.2. The van der Waals surface area contributed by atoms with Crippen LogP contribution in [-0.2, 0) is 35.1 Å². The number of piperidine rings is 2. The lowest BCUT2D eigenvalue weighted by molar-refractivity contribution is -0.178. The fourth-order valence-electron chi connectivity index (χ4n) is 8.32. The molecule has 0 aliphatic carbocycles. The molecule has 0 unspecified atom stereocenters. The molecule has 5 aliphatic heterocycles. The van der Waals surface area contributed by atoms with E-state index in [2.05, 4.69) is 0 Å². The molecule has 4 amide bonds. The van der Waals surface area contributed by atoms with E-state index in [0.29, 0.717) is 97.8 Å². The number of likely N-dealkylation sites (tertiary alicyclic amines) is 2. The molecule has 5 fully saturated rings. The number of nitrogens with one attached hydrogen (secondary N) is 2. The van der Waals surface area contributed by atoms with Crippen molar-refractivity contribution in [3.8, 4) is 0 Å². The summed E-state index contributed by atoms with van der Waals surface area (Å²) in [7, 11) is 0. The average Bonchev–Trinajstić information content (AvgIpc) is 3.23.